The van der Waals surface area contributed by atoms with Gasteiger partial charge in [-0.1, -0.05) is 28.1 Å². The molecule has 1 heterocycles. The highest BCUT2D eigenvalue weighted by molar-refractivity contribution is 9.10. The maximum atomic E-state index is 12.1. The molecule has 0 aliphatic heterocycles. The smallest absolute Gasteiger partial charge is 0.305 e. The molecule has 0 fully saturated rings. The number of hydrogen-bond acceptors (Lipinski definition) is 3. The van der Waals surface area contributed by atoms with Crippen LogP contribution in [0.4, 0.5) is 0 Å². The van der Waals surface area contributed by atoms with E-state index >= 15 is 0 Å². The zero-order chi connectivity index (χ0) is 16.8. The molecule has 122 valence electrons. The Balaban J connectivity index is 1.99. The van der Waals surface area contributed by atoms with Crippen LogP contribution in [-0.2, 0) is 23.1 Å². The van der Waals surface area contributed by atoms with Crippen LogP contribution in [0.3, 0.4) is 0 Å². The van der Waals surface area contributed by atoms with Gasteiger partial charge in [0.25, 0.3) is 0 Å². The summed E-state index contributed by atoms with van der Waals surface area (Å²) in [6.45, 7) is 0. The van der Waals surface area contributed by atoms with Crippen LogP contribution in [0, 0.1) is 0 Å². The lowest BCUT2D eigenvalue weighted by molar-refractivity contribution is -0.137. The first-order valence-electron chi connectivity index (χ1n) is 7.18. The first kappa shape index (κ1) is 17.2. The number of halogens is 1. The van der Waals surface area contributed by atoms with Crippen LogP contribution >= 0.6 is 15.9 Å². The maximum Gasteiger partial charge on any atom is 0.305 e. The first-order chi connectivity index (χ1) is 10.9. The Morgan fingerprint density at radius 1 is 1.43 bits per heavy atom. The van der Waals surface area contributed by atoms with E-state index < -0.39 is 12.0 Å². The van der Waals surface area contributed by atoms with Crippen molar-refractivity contribution >= 4 is 27.8 Å². The number of hydrogen-bond donors (Lipinski definition) is 2. The number of benzene rings is 1. The van der Waals surface area contributed by atoms with Crippen molar-refractivity contribution in [2.75, 3.05) is 0 Å². The van der Waals surface area contributed by atoms with Crippen molar-refractivity contribution in [2.45, 2.75) is 25.3 Å². The molecule has 1 aromatic carbocycles. The van der Waals surface area contributed by atoms with Gasteiger partial charge in [0.15, 0.2) is 0 Å². The molecule has 7 heteroatoms. The molecule has 0 saturated heterocycles. The number of carboxylic acids is 1. The molecular weight excluding hydrogens is 362 g/mol. The summed E-state index contributed by atoms with van der Waals surface area (Å²) < 4.78 is 2.53. The summed E-state index contributed by atoms with van der Waals surface area (Å²) in [6, 6.07) is 6.74. The molecule has 1 aromatic heterocycles. The molecule has 0 aliphatic rings. The van der Waals surface area contributed by atoms with E-state index in [0.717, 1.165) is 15.6 Å². The van der Waals surface area contributed by atoms with Gasteiger partial charge in [0.05, 0.1) is 18.7 Å². The van der Waals surface area contributed by atoms with Crippen molar-refractivity contribution in [1.29, 1.82) is 0 Å². The number of rotatable bonds is 7. The number of carboxylic acid groups (broad SMARTS) is 1. The van der Waals surface area contributed by atoms with Gasteiger partial charge >= 0.3 is 5.97 Å². The minimum Gasteiger partial charge on any atom is -0.481 e. The minimum atomic E-state index is -0.956. The number of amides is 1. The van der Waals surface area contributed by atoms with E-state index in [-0.39, 0.29) is 18.7 Å². The van der Waals surface area contributed by atoms with Crippen molar-refractivity contribution in [2.24, 2.45) is 7.05 Å². The number of aliphatic carboxylic acids is 1. The van der Waals surface area contributed by atoms with Crippen LogP contribution in [-0.4, -0.2) is 26.8 Å². The van der Waals surface area contributed by atoms with Gasteiger partial charge in [0.2, 0.25) is 5.91 Å². The Morgan fingerprint density at radius 2 is 2.22 bits per heavy atom. The topological polar surface area (TPSA) is 84.2 Å². The van der Waals surface area contributed by atoms with Gasteiger partial charge in [-0.3, -0.25) is 14.3 Å². The second-order valence-electron chi connectivity index (χ2n) is 5.30. The van der Waals surface area contributed by atoms with Crippen molar-refractivity contribution in [1.82, 2.24) is 15.1 Å². The third-order valence-electron chi connectivity index (χ3n) is 3.36. The highest BCUT2D eigenvalue weighted by atomic mass is 79.9. The van der Waals surface area contributed by atoms with E-state index in [0.29, 0.717) is 6.42 Å². The van der Waals surface area contributed by atoms with E-state index in [2.05, 4.69) is 26.3 Å². The van der Waals surface area contributed by atoms with Crippen LogP contribution in [0.25, 0.3) is 0 Å². The summed E-state index contributed by atoms with van der Waals surface area (Å²) >= 11 is 3.36. The van der Waals surface area contributed by atoms with Gasteiger partial charge in [0.1, 0.15) is 0 Å². The number of nitrogens with zero attached hydrogens (tertiary/aromatic N) is 2. The zero-order valence-electron chi connectivity index (χ0n) is 12.7. The molecule has 2 aromatic rings. The Kier molecular flexibility index (Phi) is 5.92. The van der Waals surface area contributed by atoms with Crippen LogP contribution in [0.1, 0.15) is 30.0 Å². The summed E-state index contributed by atoms with van der Waals surface area (Å²) in [4.78, 5) is 23.2. The highest BCUT2D eigenvalue weighted by Gasteiger charge is 2.18. The normalized spacial score (nSPS) is 11.9. The van der Waals surface area contributed by atoms with Crippen molar-refractivity contribution in [3.05, 3.63) is 52.3 Å². The number of aromatic nitrogens is 2. The average molecular weight is 380 g/mol. The number of carbonyl (C=O) groups excluding carboxylic acids is 1. The summed E-state index contributed by atoms with van der Waals surface area (Å²) in [5.41, 5.74) is 1.73. The lowest BCUT2D eigenvalue weighted by Crippen LogP contribution is -2.30. The molecule has 23 heavy (non-hydrogen) atoms. The van der Waals surface area contributed by atoms with Crippen LogP contribution in [0.5, 0.6) is 0 Å². The number of carbonyl (C=O) groups is 2. The predicted octanol–water partition coefficient (Wildman–Crippen LogP) is 2.45. The SMILES string of the molecule is Cn1cc(CCC(=O)NC(CC(=O)O)c2cccc(Br)c2)cn1. The Labute approximate surface area is 142 Å². The fourth-order valence-corrected chi connectivity index (χ4v) is 2.69. The maximum absolute atomic E-state index is 12.1. The molecule has 0 spiro atoms. The van der Waals surface area contributed by atoms with Crippen LogP contribution in [0.2, 0.25) is 0 Å². The van der Waals surface area contributed by atoms with E-state index in [9.17, 15) is 9.59 Å². The minimum absolute atomic E-state index is 0.158. The third-order valence-corrected chi connectivity index (χ3v) is 3.86. The lowest BCUT2D eigenvalue weighted by atomic mass is 10.0. The quantitative estimate of drug-likeness (QED) is 0.773. The van der Waals surface area contributed by atoms with Gasteiger partial charge in [-0.2, -0.15) is 5.10 Å². The van der Waals surface area contributed by atoms with E-state index in [1.807, 2.05) is 31.4 Å². The molecule has 6 nitrogen and oxygen atoms in total. The largest absolute Gasteiger partial charge is 0.481 e. The lowest BCUT2D eigenvalue weighted by Gasteiger charge is -2.17. The molecule has 2 N–H and O–H groups in total. The molecule has 0 aliphatic carbocycles. The molecule has 1 amide bonds. The second-order valence-corrected chi connectivity index (χ2v) is 6.21. The molecule has 0 radical (unpaired) electrons. The molecule has 0 bridgehead atoms. The molecule has 2 rings (SSSR count). The average Bonchev–Trinajstić information content (AvgIpc) is 2.90. The Hall–Kier alpha value is -2.15. The summed E-state index contributed by atoms with van der Waals surface area (Å²) in [5.74, 6) is -1.14. The molecule has 1 atom stereocenters. The van der Waals surface area contributed by atoms with Gasteiger partial charge in [-0.15, -0.1) is 0 Å². The summed E-state index contributed by atoms with van der Waals surface area (Å²) in [7, 11) is 1.82. The second kappa shape index (κ2) is 7.92. The Morgan fingerprint density at radius 3 is 2.83 bits per heavy atom. The molecule has 1 unspecified atom stereocenters. The summed E-state index contributed by atoms with van der Waals surface area (Å²) in [6.07, 6.45) is 4.27. The highest BCUT2D eigenvalue weighted by Crippen LogP contribution is 2.21. The van der Waals surface area contributed by atoms with Crippen LogP contribution < -0.4 is 5.32 Å². The molecule has 0 saturated carbocycles. The van der Waals surface area contributed by atoms with Gasteiger partial charge in [0, 0.05) is 24.1 Å². The van der Waals surface area contributed by atoms with Gasteiger partial charge < -0.3 is 10.4 Å². The fraction of sp³-hybridized carbons (Fsp3) is 0.312. The van der Waals surface area contributed by atoms with Crippen molar-refractivity contribution in [3.63, 3.8) is 0 Å². The first-order valence-corrected chi connectivity index (χ1v) is 7.97. The number of nitrogens with one attached hydrogen (secondary N) is 1. The van der Waals surface area contributed by atoms with Crippen LogP contribution in [0.15, 0.2) is 41.1 Å². The monoisotopic (exact) mass is 379 g/mol. The molecular formula is C16H18BrN3O3. The third kappa shape index (κ3) is 5.52. The number of aryl methyl sites for hydroxylation is 2. The van der Waals surface area contributed by atoms with Crippen molar-refractivity contribution in [3.8, 4) is 0 Å². The Bertz CT molecular complexity index is 699. The van der Waals surface area contributed by atoms with Gasteiger partial charge in [-0.05, 0) is 29.7 Å². The van der Waals surface area contributed by atoms with Gasteiger partial charge in [-0.25, -0.2) is 0 Å². The van der Waals surface area contributed by atoms with E-state index in [4.69, 9.17) is 5.11 Å². The van der Waals surface area contributed by atoms with E-state index in [1.54, 1.807) is 16.9 Å². The standard InChI is InChI=1S/C16H18BrN3O3/c1-20-10-11(9-18-20)5-6-15(21)19-14(8-16(22)23)12-3-2-4-13(17)7-12/h2-4,7,9-10,14H,5-6,8H2,1H3,(H,19,21)(H,22,23). The van der Waals surface area contributed by atoms with E-state index in [1.165, 1.54) is 0 Å². The summed E-state index contributed by atoms with van der Waals surface area (Å²) in [5, 5.41) is 15.9. The zero-order valence-corrected chi connectivity index (χ0v) is 14.3. The fourth-order valence-electron chi connectivity index (χ4n) is 2.28. The van der Waals surface area contributed by atoms with Crippen molar-refractivity contribution < 1.29 is 14.7 Å². The predicted molar refractivity (Wildman–Crippen MR) is 88.8 cm³/mol.